The van der Waals surface area contributed by atoms with Gasteiger partial charge in [0.25, 0.3) is 0 Å². The smallest absolute Gasteiger partial charge is 0.170 e. The Kier molecular flexibility index (Phi) is 6.18. The molecule has 0 fully saturated rings. The maximum absolute atomic E-state index is 9.10. The summed E-state index contributed by atoms with van der Waals surface area (Å²) >= 11 is 0. The number of benzene rings is 1. The predicted octanol–water partition coefficient (Wildman–Crippen LogP) is 1.03. The van der Waals surface area contributed by atoms with E-state index >= 15 is 0 Å². The van der Waals surface area contributed by atoms with Crippen molar-refractivity contribution in [1.29, 1.82) is 0 Å². The lowest BCUT2D eigenvalue weighted by molar-refractivity contribution is 0.181. The van der Waals surface area contributed by atoms with Gasteiger partial charge in [0.15, 0.2) is 5.84 Å². The molecule has 0 heterocycles. The largest absolute Gasteiger partial charge is 0.409 e. The third kappa shape index (κ3) is 5.16. The second-order valence-electron chi connectivity index (χ2n) is 4.35. The molecule has 0 aliphatic heterocycles. The van der Waals surface area contributed by atoms with Crippen molar-refractivity contribution in [3.05, 3.63) is 35.4 Å². The lowest BCUT2D eigenvalue weighted by Crippen LogP contribution is -2.17. The Balaban J connectivity index is 2.31. The van der Waals surface area contributed by atoms with Gasteiger partial charge in [0.05, 0.1) is 6.10 Å². The standard InChI is InChI=1S/C13H21N3O2/c1-10(17)3-2-8-15-9-11-4-6-12(7-5-11)13(14)16-18/h4-7,10,15,17-18H,2-3,8-9H2,1H3,(H2,14,16). The van der Waals surface area contributed by atoms with E-state index in [-0.39, 0.29) is 11.9 Å². The summed E-state index contributed by atoms with van der Waals surface area (Å²) in [5, 5.41) is 23.9. The highest BCUT2D eigenvalue weighted by Gasteiger charge is 1.99. The van der Waals surface area contributed by atoms with Crippen molar-refractivity contribution in [3.63, 3.8) is 0 Å². The molecular weight excluding hydrogens is 230 g/mol. The van der Waals surface area contributed by atoms with Gasteiger partial charge in [0, 0.05) is 12.1 Å². The van der Waals surface area contributed by atoms with Gasteiger partial charge < -0.3 is 21.4 Å². The van der Waals surface area contributed by atoms with Gasteiger partial charge in [-0.1, -0.05) is 29.4 Å². The van der Waals surface area contributed by atoms with Crippen LogP contribution in [0.4, 0.5) is 0 Å². The van der Waals surface area contributed by atoms with Crippen LogP contribution in [0.5, 0.6) is 0 Å². The Hall–Kier alpha value is -1.59. The van der Waals surface area contributed by atoms with Crippen molar-refractivity contribution >= 4 is 5.84 Å². The molecule has 5 heteroatoms. The van der Waals surface area contributed by atoms with Crippen LogP contribution >= 0.6 is 0 Å². The first-order valence-corrected chi connectivity index (χ1v) is 6.09. The van der Waals surface area contributed by atoms with Gasteiger partial charge in [0.2, 0.25) is 0 Å². The van der Waals surface area contributed by atoms with Crippen molar-refractivity contribution in [2.24, 2.45) is 10.9 Å². The highest BCUT2D eigenvalue weighted by molar-refractivity contribution is 5.96. The normalized spacial score (nSPS) is 13.6. The molecule has 0 bridgehead atoms. The summed E-state index contributed by atoms with van der Waals surface area (Å²) in [4.78, 5) is 0. The van der Waals surface area contributed by atoms with E-state index in [4.69, 9.17) is 16.0 Å². The van der Waals surface area contributed by atoms with Crippen molar-refractivity contribution < 1.29 is 10.3 Å². The van der Waals surface area contributed by atoms with E-state index in [0.29, 0.717) is 5.56 Å². The number of hydrogen-bond acceptors (Lipinski definition) is 4. The topological polar surface area (TPSA) is 90.9 Å². The highest BCUT2D eigenvalue weighted by Crippen LogP contribution is 2.04. The Morgan fingerprint density at radius 3 is 2.61 bits per heavy atom. The lowest BCUT2D eigenvalue weighted by Gasteiger charge is -2.07. The SMILES string of the molecule is CC(O)CCCNCc1ccc(/C(N)=N/O)cc1. The molecule has 1 unspecified atom stereocenters. The summed E-state index contributed by atoms with van der Waals surface area (Å²) in [6.07, 6.45) is 1.54. The van der Waals surface area contributed by atoms with Gasteiger partial charge in [-0.25, -0.2) is 0 Å². The number of nitrogens with one attached hydrogen (secondary N) is 1. The van der Waals surface area contributed by atoms with Crippen LogP contribution in [0.1, 0.15) is 30.9 Å². The van der Waals surface area contributed by atoms with Crippen molar-refractivity contribution in [2.75, 3.05) is 6.54 Å². The summed E-state index contributed by atoms with van der Waals surface area (Å²) in [6.45, 7) is 3.45. The van der Waals surface area contributed by atoms with Crippen LogP contribution in [0.25, 0.3) is 0 Å². The van der Waals surface area contributed by atoms with Crippen LogP contribution in [0.2, 0.25) is 0 Å². The zero-order valence-corrected chi connectivity index (χ0v) is 10.6. The van der Waals surface area contributed by atoms with E-state index in [9.17, 15) is 0 Å². The van der Waals surface area contributed by atoms with Crippen LogP contribution in [-0.4, -0.2) is 28.8 Å². The molecule has 0 aromatic heterocycles. The molecule has 0 radical (unpaired) electrons. The summed E-state index contributed by atoms with van der Waals surface area (Å²) in [5.41, 5.74) is 7.32. The fourth-order valence-corrected chi connectivity index (χ4v) is 1.61. The quantitative estimate of drug-likeness (QED) is 0.191. The number of nitrogens with two attached hydrogens (primary N) is 1. The minimum atomic E-state index is -0.230. The van der Waals surface area contributed by atoms with E-state index in [2.05, 4.69) is 10.5 Å². The molecule has 0 aliphatic carbocycles. The molecule has 0 spiro atoms. The fourth-order valence-electron chi connectivity index (χ4n) is 1.61. The molecule has 0 saturated heterocycles. The van der Waals surface area contributed by atoms with Crippen LogP contribution < -0.4 is 11.1 Å². The van der Waals surface area contributed by atoms with Crippen molar-refractivity contribution in [3.8, 4) is 0 Å². The van der Waals surface area contributed by atoms with E-state index in [0.717, 1.165) is 31.5 Å². The number of aliphatic hydroxyl groups excluding tert-OH is 1. The number of rotatable bonds is 7. The molecule has 0 amide bonds. The third-order valence-corrected chi connectivity index (χ3v) is 2.66. The molecular formula is C13H21N3O2. The van der Waals surface area contributed by atoms with Crippen molar-refractivity contribution in [1.82, 2.24) is 5.32 Å². The summed E-state index contributed by atoms with van der Waals surface area (Å²) in [6, 6.07) is 7.52. The average Bonchev–Trinajstić information content (AvgIpc) is 2.38. The van der Waals surface area contributed by atoms with Crippen molar-refractivity contribution in [2.45, 2.75) is 32.4 Å². The Morgan fingerprint density at radius 1 is 1.39 bits per heavy atom. The maximum atomic E-state index is 9.10. The van der Waals surface area contributed by atoms with Gasteiger partial charge in [-0.3, -0.25) is 0 Å². The summed E-state index contributed by atoms with van der Waals surface area (Å²) < 4.78 is 0. The number of hydrogen-bond donors (Lipinski definition) is 4. The zero-order valence-electron chi connectivity index (χ0n) is 10.6. The molecule has 1 aromatic carbocycles. The number of nitrogens with zero attached hydrogens (tertiary/aromatic N) is 1. The highest BCUT2D eigenvalue weighted by atomic mass is 16.4. The summed E-state index contributed by atoms with van der Waals surface area (Å²) in [5.74, 6) is 0.117. The van der Waals surface area contributed by atoms with Gasteiger partial charge in [-0.2, -0.15) is 0 Å². The van der Waals surface area contributed by atoms with E-state index in [1.165, 1.54) is 0 Å². The van der Waals surface area contributed by atoms with Gasteiger partial charge in [0.1, 0.15) is 0 Å². The van der Waals surface area contributed by atoms with E-state index < -0.39 is 0 Å². The molecule has 0 aliphatic rings. The van der Waals surface area contributed by atoms with Crippen LogP contribution in [0.15, 0.2) is 29.4 Å². The first kappa shape index (κ1) is 14.5. The fraction of sp³-hybridized carbons (Fsp3) is 0.462. The second kappa shape index (κ2) is 7.68. The number of amidine groups is 1. The molecule has 5 N–H and O–H groups in total. The molecule has 1 rings (SSSR count). The van der Waals surface area contributed by atoms with Crippen LogP contribution in [-0.2, 0) is 6.54 Å². The van der Waals surface area contributed by atoms with E-state index in [1.54, 1.807) is 6.92 Å². The Bertz CT molecular complexity index is 374. The average molecular weight is 251 g/mol. The molecule has 5 nitrogen and oxygen atoms in total. The third-order valence-electron chi connectivity index (χ3n) is 2.66. The first-order valence-electron chi connectivity index (χ1n) is 6.09. The van der Waals surface area contributed by atoms with Gasteiger partial charge in [-0.05, 0) is 31.9 Å². The Morgan fingerprint density at radius 2 is 2.06 bits per heavy atom. The zero-order chi connectivity index (χ0) is 13.4. The molecule has 1 aromatic rings. The predicted molar refractivity (Wildman–Crippen MR) is 71.6 cm³/mol. The summed E-state index contributed by atoms with van der Waals surface area (Å²) in [7, 11) is 0. The first-order chi connectivity index (χ1) is 8.63. The molecule has 18 heavy (non-hydrogen) atoms. The lowest BCUT2D eigenvalue weighted by atomic mass is 10.1. The number of oxime groups is 1. The second-order valence-corrected chi connectivity index (χ2v) is 4.35. The minimum Gasteiger partial charge on any atom is -0.409 e. The maximum Gasteiger partial charge on any atom is 0.170 e. The van der Waals surface area contributed by atoms with Crippen LogP contribution in [0, 0.1) is 0 Å². The number of aliphatic hydroxyl groups is 1. The molecule has 100 valence electrons. The molecule has 0 saturated carbocycles. The molecule has 1 atom stereocenters. The monoisotopic (exact) mass is 251 g/mol. The minimum absolute atomic E-state index is 0.117. The van der Waals surface area contributed by atoms with Gasteiger partial charge >= 0.3 is 0 Å². The van der Waals surface area contributed by atoms with E-state index in [1.807, 2.05) is 24.3 Å². The Labute approximate surface area is 107 Å². The van der Waals surface area contributed by atoms with Gasteiger partial charge in [-0.15, -0.1) is 0 Å². The van der Waals surface area contributed by atoms with Crippen LogP contribution in [0.3, 0.4) is 0 Å².